The normalized spacial score (nSPS) is 21.6. The van der Waals surface area contributed by atoms with Crippen molar-refractivity contribution in [1.82, 2.24) is 24.8 Å². The van der Waals surface area contributed by atoms with E-state index in [-0.39, 0.29) is 18.0 Å². The quantitative estimate of drug-likeness (QED) is 0.442. The Morgan fingerprint density at radius 2 is 2.00 bits per heavy atom. The standard InChI is InChI=1S/C27H30Cl2N6O2/c1-14-5-4-6-35(24(14)27-32-21-9-31-8-19(21)26(30)33-27)15(2)18-7-20(28)23(29)22(25(18)36-3)16-10-34(11-16)17-12-37-13-17/h4-9,15-17,24,31H,10-13H2,1-3H3,(H2,30,32,33). The largest absolute Gasteiger partial charge is 0.496 e. The summed E-state index contributed by atoms with van der Waals surface area (Å²) < 4.78 is 11.4. The highest BCUT2D eigenvalue weighted by molar-refractivity contribution is 6.42. The number of halogens is 2. The van der Waals surface area contributed by atoms with E-state index in [4.69, 9.17) is 48.4 Å². The zero-order chi connectivity index (χ0) is 25.8. The van der Waals surface area contributed by atoms with Gasteiger partial charge < -0.3 is 25.1 Å². The lowest BCUT2D eigenvalue weighted by atomic mass is 9.86. The summed E-state index contributed by atoms with van der Waals surface area (Å²) in [4.78, 5) is 17.3. The molecular formula is C27H30Cl2N6O2. The predicted octanol–water partition coefficient (Wildman–Crippen LogP) is 5.23. The molecule has 6 rings (SSSR count). The minimum absolute atomic E-state index is 0.115. The number of allylic oxidation sites excluding steroid dienone is 2. The Kier molecular flexibility index (Phi) is 6.31. The van der Waals surface area contributed by atoms with E-state index in [0.29, 0.717) is 27.7 Å². The molecule has 0 aliphatic carbocycles. The van der Waals surface area contributed by atoms with Gasteiger partial charge in [0.15, 0.2) is 5.82 Å². The molecule has 2 atom stereocenters. The fourth-order valence-corrected chi connectivity index (χ4v) is 6.16. The number of likely N-dealkylation sites (tertiary alicyclic amines) is 1. The average molecular weight is 541 g/mol. The van der Waals surface area contributed by atoms with Crippen LogP contribution in [-0.2, 0) is 4.74 Å². The number of rotatable bonds is 6. The number of hydrogen-bond acceptors (Lipinski definition) is 7. The average Bonchev–Trinajstić information content (AvgIpc) is 3.30. The first-order valence-electron chi connectivity index (χ1n) is 12.5. The summed E-state index contributed by atoms with van der Waals surface area (Å²) >= 11 is 13.5. The molecule has 2 aromatic heterocycles. The van der Waals surface area contributed by atoms with Crippen LogP contribution < -0.4 is 10.5 Å². The minimum atomic E-state index is -0.206. The lowest BCUT2D eigenvalue weighted by molar-refractivity contribution is -0.0907. The molecule has 3 aliphatic heterocycles. The number of hydrogen-bond donors (Lipinski definition) is 2. The van der Waals surface area contributed by atoms with Gasteiger partial charge in [-0.3, -0.25) is 4.90 Å². The van der Waals surface area contributed by atoms with Crippen molar-refractivity contribution >= 4 is 39.9 Å². The van der Waals surface area contributed by atoms with Crippen molar-refractivity contribution < 1.29 is 9.47 Å². The Bertz CT molecular complexity index is 1410. The molecule has 0 bridgehead atoms. The van der Waals surface area contributed by atoms with E-state index in [9.17, 15) is 0 Å². The number of nitrogens with zero attached hydrogens (tertiary/aromatic N) is 4. The highest BCUT2D eigenvalue weighted by Gasteiger charge is 2.40. The predicted molar refractivity (Wildman–Crippen MR) is 146 cm³/mol. The number of ether oxygens (including phenoxy) is 2. The summed E-state index contributed by atoms with van der Waals surface area (Å²) in [5.41, 5.74) is 10.2. The van der Waals surface area contributed by atoms with Crippen molar-refractivity contribution in [3.63, 3.8) is 0 Å². The minimum Gasteiger partial charge on any atom is -0.496 e. The van der Waals surface area contributed by atoms with E-state index in [2.05, 4.69) is 40.9 Å². The van der Waals surface area contributed by atoms with Gasteiger partial charge in [0, 0.05) is 48.7 Å². The van der Waals surface area contributed by atoms with Gasteiger partial charge in [0.1, 0.15) is 17.6 Å². The van der Waals surface area contributed by atoms with Crippen LogP contribution in [0.5, 0.6) is 5.75 Å². The van der Waals surface area contributed by atoms with Crippen LogP contribution in [0.2, 0.25) is 10.0 Å². The first kappa shape index (κ1) is 24.6. The first-order valence-corrected chi connectivity index (χ1v) is 13.2. The summed E-state index contributed by atoms with van der Waals surface area (Å²) in [7, 11) is 1.70. The number of nitrogen functional groups attached to an aromatic ring is 1. The van der Waals surface area contributed by atoms with Gasteiger partial charge in [-0.15, -0.1) is 0 Å². The van der Waals surface area contributed by atoms with Crippen LogP contribution in [0.4, 0.5) is 5.82 Å². The highest BCUT2D eigenvalue weighted by atomic mass is 35.5. The molecule has 0 amide bonds. The van der Waals surface area contributed by atoms with Crippen LogP contribution in [0.1, 0.15) is 48.8 Å². The number of fused-ring (bicyclic) bond motifs is 1. The molecule has 3 aromatic rings. The molecule has 0 saturated carbocycles. The summed E-state index contributed by atoms with van der Waals surface area (Å²) in [6.07, 6.45) is 9.84. The summed E-state index contributed by atoms with van der Waals surface area (Å²) in [5, 5.41) is 1.92. The van der Waals surface area contributed by atoms with E-state index < -0.39 is 0 Å². The zero-order valence-electron chi connectivity index (χ0n) is 21.0. The van der Waals surface area contributed by atoms with Crippen molar-refractivity contribution in [2.45, 2.75) is 37.9 Å². The fraction of sp³-hybridized carbons (Fsp3) is 0.407. The molecule has 3 aliphatic rings. The first-order chi connectivity index (χ1) is 17.9. The van der Waals surface area contributed by atoms with Gasteiger partial charge in [-0.2, -0.15) is 0 Å². The second kappa shape index (κ2) is 9.51. The maximum atomic E-state index is 6.80. The third-order valence-corrected chi connectivity index (χ3v) is 8.65. The second-order valence-electron chi connectivity index (χ2n) is 10.0. The van der Waals surface area contributed by atoms with Crippen LogP contribution in [0.3, 0.4) is 0 Å². The molecule has 2 unspecified atom stereocenters. The second-order valence-corrected chi connectivity index (χ2v) is 10.8. The maximum absolute atomic E-state index is 6.80. The van der Waals surface area contributed by atoms with Crippen molar-refractivity contribution in [3.8, 4) is 5.75 Å². The molecule has 2 fully saturated rings. The Morgan fingerprint density at radius 3 is 2.70 bits per heavy atom. The Labute approximate surface area is 226 Å². The molecule has 0 radical (unpaired) electrons. The van der Waals surface area contributed by atoms with Crippen LogP contribution in [0.25, 0.3) is 10.9 Å². The Hall–Kier alpha value is -2.78. The maximum Gasteiger partial charge on any atom is 0.158 e. The molecule has 3 N–H and O–H groups in total. The highest BCUT2D eigenvalue weighted by Crippen LogP contribution is 2.48. The smallest absolute Gasteiger partial charge is 0.158 e. The molecule has 194 valence electrons. The Morgan fingerprint density at radius 1 is 1.22 bits per heavy atom. The van der Waals surface area contributed by atoms with Gasteiger partial charge in [-0.1, -0.05) is 29.3 Å². The number of anilines is 1. The molecular weight excluding hydrogens is 511 g/mol. The topological polar surface area (TPSA) is 92.5 Å². The van der Waals surface area contributed by atoms with Gasteiger partial charge in [-0.25, -0.2) is 9.97 Å². The van der Waals surface area contributed by atoms with E-state index in [1.807, 2.05) is 24.5 Å². The van der Waals surface area contributed by atoms with Gasteiger partial charge in [-0.05, 0) is 31.6 Å². The van der Waals surface area contributed by atoms with Crippen molar-refractivity contribution in [2.75, 3.05) is 39.1 Å². The Balaban J connectivity index is 1.37. The van der Waals surface area contributed by atoms with E-state index >= 15 is 0 Å². The summed E-state index contributed by atoms with van der Waals surface area (Å²) in [6.45, 7) is 7.64. The molecule has 5 heterocycles. The lowest BCUT2D eigenvalue weighted by Gasteiger charge is -2.48. The number of methoxy groups -OCH3 is 1. The van der Waals surface area contributed by atoms with Crippen molar-refractivity contribution in [1.29, 1.82) is 0 Å². The van der Waals surface area contributed by atoms with Gasteiger partial charge in [0.25, 0.3) is 0 Å². The van der Waals surface area contributed by atoms with Crippen molar-refractivity contribution in [2.24, 2.45) is 0 Å². The van der Waals surface area contributed by atoms with E-state index in [0.717, 1.165) is 59.7 Å². The van der Waals surface area contributed by atoms with Crippen LogP contribution in [0, 0.1) is 0 Å². The molecule has 1 aromatic carbocycles. The molecule has 0 spiro atoms. The van der Waals surface area contributed by atoms with Crippen LogP contribution in [-0.4, -0.2) is 64.2 Å². The molecule has 10 heteroatoms. The van der Waals surface area contributed by atoms with Gasteiger partial charge >= 0.3 is 0 Å². The van der Waals surface area contributed by atoms with Gasteiger partial charge in [0.2, 0.25) is 0 Å². The molecule has 2 saturated heterocycles. The number of benzene rings is 1. The number of nitrogens with two attached hydrogens (primary N) is 1. The molecule has 37 heavy (non-hydrogen) atoms. The van der Waals surface area contributed by atoms with Gasteiger partial charge in [0.05, 0.1) is 53.4 Å². The monoisotopic (exact) mass is 540 g/mol. The van der Waals surface area contributed by atoms with Crippen molar-refractivity contribution in [3.05, 3.63) is 69.4 Å². The summed E-state index contributed by atoms with van der Waals surface area (Å²) in [5.74, 6) is 2.14. The number of H-pyrrole nitrogens is 1. The third kappa shape index (κ3) is 4.07. The van der Waals surface area contributed by atoms with Crippen LogP contribution in [0.15, 0.2) is 42.4 Å². The number of aromatic amines is 1. The third-order valence-electron chi connectivity index (χ3n) is 7.85. The molecule has 8 nitrogen and oxygen atoms in total. The SMILES string of the molecule is COc1c(C(C)N2C=CC=C(C)C2c2nc(N)c3c[nH]cc3n2)cc(Cl)c(Cl)c1C1CN(C2COC2)C1. The summed E-state index contributed by atoms with van der Waals surface area (Å²) in [6, 6.07) is 2.10. The number of aromatic nitrogens is 3. The van der Waals surface area contributed by atoms with E-state index in [1.54, 1.807) is 7.11 Å². The lowest BCUT2D eigenvalue weighted by Crippen LogP contribution is -2.58. The van der Waals surface area contributed by atoms with Crippen LogP contribution >= 0.6 is 23.2 Å². The van der Waals surface area contributed by atoms with E-state index in [1.165, 1.54) is 0 Å². The zero-order valence-corrected chi connectivity index (χ0v) is 22.6. The fourth-order valence-electron chi connectivity index (χ4n) is 5.64. The number of nitrogens with one attached hydrogen (secondary N) is 1.